The second kappa shape index (κ2) is 8.17. The number of nitrogens with one attached hydrogen (secondary N) is 2. The van der Waals surface area contributed by atoms with Crippen LogP contribution in [-0.2, 0) is 11.8 Å². The van der Waals surface area contributed by atoms with Crippen molar-refractivity contribution in [2.45, 2.75) is 12.8 Å². The highest BCUT2D eigenvalue weighted by molar-refractivity contribution is 5.93. The average molecular weight is 351 g/mol. The Bertz CT molecular complexity index is 689. The lowest BCUT2D eigenvalue weighted by Crippen LogP contribution is -2.28. The van der Waals surface area contributed by atoms with Crippen molar-refractivity contribution >= 4 is 24.0 Å². The molecule has 1 amide bonds. The Labute approximate surface area is 148 Å². The van der Waals surface area contributed by atoms with Crippen LogP contribution in [0.2, 0.25) is 0 Å². The van der Waals surface area contributed by atoms with Gasteiger partial charge in [-0.1, -0.05) is 6.07 Å². The molecule has 1 aliphatic heterocycles. The summed E-state index contributed by atoms with van der Waals surface area (Å²) < 4.78 is 7.24. The highest BCUT2D eigenvalue weighted by atomic mass is 35.5. The van der Waals surface area contributed by atoms with Gasteiger partial charge in [-0.3, -0.25) is 9.48 Å². The van der Waals surface area contributed by atoms with Crippen molar-refractivity contribution in [1.82, 2.24) is 15.1 Å². The number of benzene rings is 1. The Balaban J connectivity index is 0.00000208. The van der Waals surface area contributed by atoms with Crippen molar-refractivity contribution in [2.75, 3.05) is 25.0 Å². The second-order valence-corrected chi connectivity index (χ2v) is 5.77. The minimum Gasteiger partial charge on any atom is -0.494 e. The average Bonchev–Trinajstić information content (AvgIpc) is 3.16. The van der Waals surface area contributed by atoms with Crippen LogP contribution < -0.4 is 15.4 Å². The summed E-state index contributed by atoms with van der Waals surface area (Å²) in [5, 5.41) is 10.5. The molecule has 0 saturated carbocycles. The molecule has 24 heavy (non-hydrogen) atoms. The van der Waals surface area contributed by atoms with E-state index in [0.717, 1.165) is 23.5 Å². The number of hydrogen-bond acceptors (Lipinski definition) is 4. The molecule has 0 aliphatic carbocycles. The van der Waals surface area contributed by atoms with Gasteiger partial charge in [0.25, 0.3) is 0 Å². The molecule has 2 atom stereocenters. The summed E-state index contributed by atoms with van der Waals surface area (Å²) in [6.45, 7) is 4.01. The van der Waals surface area contributed by atoms with E-state index in [1.165, 1.54) is 0 Å². The quantitative estimate of drug-likeness (QED) is 0.867. The number of rotatable bonds is 5. The molecule has 0 radical (unpaired) electrons. The third-order valence-electron chi connectivity index (χ3n) is 4.12. The molecular formula is C17H23ClN4O2. The van der Waals surface area contributed by atoms with E-state index in [9.17, 15) is 4.79 Å². The van der Waals surface area contributed by atoms with Gasteiger partial charge in [0.1, 0.15) is 5.75 Å². The molecule has 1 aromatic heterocycles. The van der Waals surface area contributed by atoms with E-state index in [1.54, 1.807) is 4.68 Å². The molecule has 1 aromatic carbocycles. The molecule has 130 valence electrons. The zero-order valence-electron chi connectivity index (χ0n) is 13.9. The molecule has 1 fully saturated rings. The van der Waals surface area contributed by atoms with Crippen molar-refractivity contribution in [2.24, 2.45) is 13.0 Å². The third kappa shape index (κ3) is 4.07. The number of aryl methyl sites for hydroxylation is 1. The van der Waals surface area contributed by atoms with Gasteiger partial charge >= 0.3 is 0 Å². The number of carbonyl (C=O) groups excluding carboxylic acids is 1. The topological polar surface area (TPSA) is 68.2 Å². The maximum absolute atomic E-state index is 12.7. The fourth-order valence-electron chi connectivity index (χ4n) is 3.00. The summed E-state index contributed by atoms with van der Waals surface area (Å²) >= 11 is 0. The molecule has 0 bridgehead atoms. The first kappa shape index (κ1) is 18.3. The Morgan fingerprint density at radius 2 is 2.29 bits per heavy atom. The summed E-state index contributed by atoms with van der Waals surface area (Å²) in [5.74, 6) is 0.838. The van der Waals surface area contributed by atoms with Crippen LogP contribution >= 0.6 is 12.4 Å². The van der Waals surface area contributed by atoms with Gasteiger partial charge in [-0.2, -0.15) is 5.10 Å². The van der Waals surface area contributed by atoms with E-state index in [4.69, 9.17) is 4.74 Å². The maximum Gasteiger partial charge on any atom is 0.229 e. The number of anilines is 1. The molecule has 7 heteroatoms. The van der Waals surface area contributed by atoms with E-state index in [1.807, 2.05) is 50.6 Å². The lowest BCUT2D eigenvalue weighted by Gasteiger charge is -2.17. The number of ether oxygens (including phenoxy) is 1. The van der Waals surface area contributed by atoms with E-state index in [0.29, 0.717) is 13.2 Å². The van der Waals surface area contributed by atoms with Crippen LogP contribution in [0.4, 0.5) is 5.69 Å². The molecule has 2 N–H and O–H groups in total. The standard InChI is InChI=1S/C17H22N4O2.ClH/c1-3-23-14-6-4-5-13(7-14)20-17(22)16-10-18-9-15(16)12-8-19-21(2)11-12;/h4-8,11,15-16,18H,3,9-10H2,1-2H3,(H,20,22);1H/t15-,16+;/m1./s1. The molecule has 6 nitrogen and oxygen atoms in total. The first-order valence-corrected chi connectivity index (χ1v) is 7.90. The fraction of sp³-hybridized carbons (Fsp3) is 0.412. The molecular weight excluding hydrogens is 328 g/mol. The monoisotopic (exact) mass is 350 g/mol. The predicted molar refractivity (Wildman–Crippen MR) is 95.8 cm³/mol. The van der Waals surface area contributed by atoms with Crippen LogP contribution in [-0.4, -0.2) is 35.4 Å². The van der Waals surface area contributed by atoms with Crippen molar-refractivity contribution in [3.63, 3.8) is 0 Å². The van der Waals surface area contributed by atoms with Crippen molar-refractivity contribution < 1.29 is 9.53 Å². The van der Waals surface area contributed by atoms with E-state index in [-0.39, 0.29) is 30.2 Å². The van der Waals surface area contributed by atoms with E-state index >= 15 is 0 Å². The Kier molecular flexibility index (Phi) is 6.23. The predicted octanol–water partition coefficient (Wildman–Crippen LogP) is 2.18. The van der Waals surface area contributed by atoms with Crippen LogP contribution in [0.1, 0.15) is 18.4 Å². The van der Waals surface area contributed by atoms with Crippen molar-refractivity contribution in [3.05, 3.63) is 42.2 Å². The lowest BCUT2D eigenvalue weighted by atomic mass is 9.90. The van der Waals surface area contributed by atoms with Gasteiger partial charge in [0.15, 0.2) is 0 Å². The Morgan fingerprint density at radius 1 is 1.46 bits per heavy atom. The van der Waals surface area contributed by atoms with Gasteiger partial charge in [-0.25, -0.2) is 0 Å². The number of aromatic nitrogens is 2. The minimum absolute atomic E-state index is 0. The number of carbonyl (C=O) groups is 1. The minimum atomic E-state index is -0.102. The van der Waals surface area contributed by atoms with Crippen LogP contribution in [0, 0.1) is 5.92 Å². The second-order valence-electron chi connectivity index (χ2n) is 5.77. The third-order valence-corrected chi connectivity index (χ3v) is 4.12. The van der Waals surface area contributed by atoms with Gasteiger partial charge in [0, 0.05) is 44.0 Å². The zero-order valence-corrected chi connectivity index (χ0v) is 14.7. The number of amides is 1. The molecule has 1 aliphatic rings. The van der Waals surface area contributed by atoms with Crippen LogP contribution in [0.3, 0.4) is 0 Å². The number of halogens is 1. The molecule has 2 heterocycles. The molecule has 2 aromatic rings. The lowest BCUT2D eigenvalue weighted by molar-refractivity contribution is -0.119. The highest BCUT2D eigenvalue weighted by Crippen LogP contribution is 2.29. The van der Waals surface area contributed by atoms with Crippen LogP contribution in [0.5, 0.6) is 5.75 Å². The van der Waals surface area contributed by atoms with Crippen molar-refractivity contribution in [3.8, 4) is 5.75 Å². The maximum atomic E-state index is 12.7. The summed E-state index contributed by atoms with van der Waals surface area (Å²) in [6, 6.07) is 7.49. The largest absolute Gasteiger partial charge is 0.494 e. The normalized spacial score (nSPS) is 19.6. The summed E-state index contributed by atoms with van der Waals surface area (Å²) in [4.78, 5) is 12.7. The summed E-state index contributed by atoms with van der Waals surface area (Å²) in [7, 11) is 1.89. The first-order chi connectivity index (χ1) is 11.2. The van der Waals surface area contributed by atoms with Gasteiger partial charge in [-0.05, 0) is 24.6 Å². The van der Waals surface area contributed by atoms with Crippen LogP contribution in [0.25, 0.3) is 0 Å². The van der Waals surface area contributed by atoms with Gasteiger partial charge < -0.3 is 15.4 Å². The summed E-state index contributed by atoms with van der Waals surface area (Å²) in [6.07, 6.45) is 3.82. The van der Waals surface area contributed by atoms with Gasteiger partial charge in [0.05, 0.1) is 18.7 Å². The van der Waals surface area contributed by atoms with Crippen LogP contribution in [0.15, 0.2) is 36.7 Å². The SMILES string of the molecule is CCOc1cccc(NC(=O)[C@H]2CNC[C@@H]2c2cnn(C)c2)c1.Cl. The molecule has 0 spiro atoms. The number of nitrogens with zero attached hydrogens (tertiary/aromatic N) is 2. The van der Waals surface area contributed by atoms with Gasteiger partial charge in [0.2, 0.25) is 5.91 Å². The molecule has 1 saturated heterocycles. The van der Waals surface area contributed by atoms with E-state index in [2.05, 4.69) is 15.7 Å². The molecule has 0 unspecified atom stereocenters. The smallest absolute Gasteiger partial charge is 0.229 e. The fourth-order valence-corrected chi connectivity index (χ4v) is 3.00. The summed E-state index contributed by atoms with van der Waals surface area (Å²) in [5.41, 5.74) is 1.86. The highest BCUT2D eigenvalue weighted by Gasteiger charge is 2.34. The Hall–Kier alpha value is -2.05. The molecule has 3 rings (SSSR count). The zero-order chi connectivity index (χ0) is 16.2. The first-order valence-electron chi connectivity index (χ1n) is 7.90. The Morgan fingerprint density at radius 3 is 3.00 bits per heavy atom. The van der Waals surface area contributed by atoms with Gasteiger partial charge in [-0.15, -0.1) is 12.4 Å². The van der Waals surface area contributed by atoms with Crippen molar-refractivity contribution in [1.29, 1.82) is 0 Å². The number of hydrogen-bond donors (Lipinski definition) is 2. The van der Waals surface area contributed by atoms with E-state index < -0.39 is 0 Å².